The van der Waals surface area contributed by atoms with Crippen LogP contribution in [0.4, 0.5) is 0 Å². The van der Waals surface area contributed by atoms with E-state index in [0.717, 1.165) is 11.8 Å². The van der Waals surface area contributed by atoms with Crippen molar-refractivity contribution in [2.75, 3.05) is 13.1 Å². The average molecular weight is 197 g/mol. The van der Waals surface area contributed by atoms with E-state index in [0.29, 0.717) is 0 Å². The standard InChI is InChI=1S/C13H27N/c1-3-12(2)10-14-11-13-8-6-4-5-7-9-13/h12-14H,3-11H2,1-2H3. The lowest BCUT2D eigenvalue weighted by Gasteiger charge is -2.16. The quantitative estimate of drug-likeness (QED) is 0.664. The largest absolute Gasteiger partial charge is 0.316 e. The molecule has 84 valence electrons. The second-order valence-electron chi connectivity index (χ2n) is 5.03. The highest BCUT2D eigenvalue weighted by Crippen LogP contribution is 2.22. The number of nitrogens with one attached hydrogen (secondary N) is 1. The third-order valence-electron chi connectivity index (χ3n) is 3.60. The molecule has 1 aliphatic carbocycles. The second kappa shape index (κ2) is 7.28. The van der Waals surface area contributed by atoms with Gasteiger partial charge in [-0.05, 0) is 37.8 Å². The molecule has 0 amide bonds. The van der Waals surface area contributed by atoms with E-state index in [1.54, 1.807) is 0 Å². The van der Waals surface area contributed by atoms with Gasteiger partial charge in [0.15, 0.2) is 0 Å². The number of rotatable bonds is 5. The maximum Gasteiger partial charge on any atom is -0.00204 e. The summed E-state index contributed by atoms with van der Waals surface area (Å²) in [5.74, 6) is 1.82. The van der Waals surface area contributed by atoms with E-state index in [4.69, 9.17) is 0 Å². The van der Waals surface area contributed by atoms with Crippen LogP contribution in [0.25, 0.3) is 0 Å². The molecule has 1 fully saturated rings. The Morgan fingerprint density at radius 1 is 1.14 bits per heavy atom. The summed E-state index contributed by atoms with van der Waals surface area (Å²) < 4.78 is 0. The summed E-state index contributed by atoms with van der Waals surface area (Å²) in [7, 11) is 0. The van der Waals surface area contributed by atoms with Gasteiger partial charge >= 0.3 is 0 Å². The molecule has 0 aliphatic heterocycles. The van der Waals surface area contributed by atoms with E-state index in [9.17, 15) is 0 Å². The summed E-state index contributed by atoms with van der Waals surface area (Å²) in [5.41, 5.74) is 0. The van der Waals surface area contributed by atoms with Crippen molar-refractivity contribution in [2.45, 2.75) is 58.8 Å². The third-order valence-corrected chi connectivity index (χ3v) is 3.60. The van der Waals surface area contributed by atoms with Crippen LogP contribution in [0.2, 0.25) is 0 Å². The van der Waals surface area contributed by atoms with Crippen molar-refractivity contribution in [1.82, 2.24) is 5.32 Å². The fraction of sp³-hybridized carbons (Fsp3) is 1.00. The summed E-state index contributed by atoms with van der Waals surface area (Å²) in [6.07, 6.45) is 10.1. The van der Waals surface area contributed by atoms with Crippen LogP contribution in [-0.2, 0) is 0 Å². The fourth-order valence-electron chi connectivity index (χ4n) is 2.25. The molecule has 0 heterocycles. The Kier molecular flexibility index (Phi) is 6.25. The smallest absolute Gasteiger partial charge is 0.00204 e. The zero-order valence-corrected chi connectivity index (χ0v) is 10.0. The van der Waals surface area contributed by atoms with E-state index in [-0.39, 0.29) is 0 Å². The highest BCUT2D eigenvalue weighted by molar-refractivity contribution is 4.67. The van der Waals surface area contributed by atoms with Gasteiger partial charge in [0.2, 0.25) is 0 Å². The van der Waals surface area contributed by atoms with Crippen molar-refractivity contribution in [3.05, 3.63) is 0 Å². The predicted molar refractivity (Wildman–Crippen MR) is 63.5 cm³/mol. The van der Waals surface area contributed by atoms with Crippen LogP contribution in [-0.4, -0.2) is 13.1 Å². The molecule has 0 bridgehead atoms. The minimum absolute atomic E-state index is 0.848. The minimum Gasteiger partial charge on any atom is -0.316 e. The molecule has 1 N–H and O–H groups in total. The SMILES string of the molecule is CCC(C)CNCC1CCCCCC1. The van der Waals surface area contributed by atoms with Crippen molar-refractivity contribution in [1.29, 1.82) is 0 Å². The molecule has 0 aromatic heterocycles. The van der Waals surface area contributed by atoms with Gasteiger partial charge in [0, 0.05) is 0 Å². The normalized spacial score (nSPS) is 21.9. The lowest BCUT2D eigenvalue weighted by molar-refractivity contribution is 0.400. The van der Waals surface area contributed by atoms with Crippen molar-refractivity contribution in [3.63, 3.8) is 0 Å². The van der Waals surface area contributed by atoms with Gasteiger partial charge in [0.05, 0.1) is 0 Å². The molecular weight excluding hydrogens is 170 g/mol. The van der Waals surface area contributed by atoms with E-state index in [1.807, 2.05) is 0 Å². The Labute approximate surface area is 89.7 Å². The van der Waals surface area contributed by atoms with Gasteiger partial charge in [-0.3, -0.25) is 0 Å². The molecule has 1 saturated carbocycles. The zero-order valence-electron chi connectivity index (χ0n) is 10.0. The van der Waals surface area contributed by atoms with Gasteiger partial charge < -0.3 is 5.32 Å². The highest BCUT2D eigenvalue weighted by atomic mass is 14.9. The Hall–Kier alpha value is -0.0400. The second-order valence-corrected chi connectivity index (χ2v) is 5.03. The molecule has 0 saturated heterocycles. The molecule has 1 unspecified atom stereocenters. The molecule has 0 spiro atoms. The Bertz CT molecular complexity index is 125. The molecule has 1 heteroatoms. The highest BCUT2D eigenvalue weighted by Gasteiger charge is 2.11. The van der Waals surface area contributed by atoms with Crippen molar-refractivity contribution in [3.8, 4) is 0 Å². The molecule has 14 heavy (non-hydrogen) atoms. The molecule has 0 aromatic rings. The Morgan fingerprint density at radius 2 is 1.79 bits per heavy atom. The predicted octanol–water partition coefficient (Wildman–Crippen LogP) is 3.59. The first-order chi connectivity index (χ1) is 6.83. The maximum atomic E-state index is 3.63. The molecule has 0 radical (unpaired) electrons. The van der Waals surface area contributed by atoms with E-state index in [1.165, 1.54) is 58.0 Å². The zero-order chi connectivity index (χ0) is 10.2. The van der Waals surface area contributed by atoms with Gasteiger partial charge in [-0.2, -0.15) is 0 Å². The van der Waals surface area contributed by atoms with E-state index in [2.05, 4.69) is 19.2 Å². The summed E-state index contributed by atoms with van der Waals surface area (Å²) >= 11 is 0. The topological polar surface area (TPSA) is 12.0 Å². The van der Waals surface area contributed by atoms with Crippen molar-refractivity contribution < 1.29 is 0 Å². The van der Waals surface area contributed by atoms with E-state index < -0.39 is 0 Å². The Balaban J connectivity index is 2.04. The number of hydrogen-bond donors (Lipinski definition) is 1. The van der Waals surface area contributed by atoms with Crippen LogP contribution in [0.1, 0.15) is 58.8 Å². The minimum atomic E-state index is 0.848. The van der Waals surface area contributed by atoms with Crippen LogP contribution >= 0.6 is 0 Å². The first kappa shape index (κ1) is 12.0. The van der Waals surface area contributed by atoms with Gasteiger partial charge in [-0.15, -0.1) is 0 Å². The van der Waals surface area contributed by atoms with Crippen molar-refractivity contribution >= 4 is 0 Å². The van der Waals surface area contributed by atoms with Gasteiger partial charge in [0.1, 0.15) is 0 Å². The molecular formula is C13H27N. The van der Waals surface area contributed by atoms with Gasteiger partial charge in [-0.1, -0.05) is 46.0 Å². The first-order valence-corrected chi connectivity index (χ1v) is 6.53. The first-order valence-electron chi connectivity index (χ1n) is 6.53. The lowest BCUT2D eigenvalue weighted by atomic mass is 10.00. The fourth-order valence-corrected chi connectivity index (χ4v) is 2.25. The van der Waals surface area contributed by atoms with Crippen LogP contribution in [0.3, 0.4) is 0 Å². The van der Waals surface area contributed by atoms with Crippen LogP contribution < -0.4 is 5.32 Å². The average Bonchev–Trinajstić information content (AvgIpc) is 2.46. The lowest BCUT2D eigenvalue weighted by Crippen LogP contribution is -2.26. The van der Waals surface area contributed by atoms with E-state index >= 15 is 0 Å². The van der Waals surface area contributed by atoms with Crippen LogP contribution in [0.5, 0.6) is 0 Å². The van der Waals surface area contributed by atoms with Gasteiger partial charge in [0.25, 0.3) is 0 Å². The van der Waals surface area contributed by atoms with Gasteiger partial charge in [-0.25, -0.2) is 0 Å². The van der Waals surface area contributed by atoms with Crippen molar-refractivity contribution in [2.24, 2.45) is 11.8 Å². The summed E-state index contributed by atoms with van der Waals surface area (Å²) in [4.78, 5) is 0. The Morgan fingerprint density at radius 3 is 2.36 bits per heavy atom. The van der Waals surface area contributed by atoms with Crippen LogP contribution in [0.15, 0.2) is 0 Å². The molecule has 1 nitrogen and oxygen atoms in total. The summed E-state index contributed by atoms with van der Waals surface area (Å²) in [6, 6.07) is 0. The third kappa shape index (κ3) is 4.99. The maximum absolute atomic E-state index is 3.63. The molecule has 1 rings (SSSR count). The number of hydrogen-bond acceptors (Lipinski definition) is 1. The molecule has 1 atom stereocenters. The molecule has 1 aliphatic rings. The van der Waals surface area contributed by atoms with Crippen LogP contribution in [0, 0.1) is 11.8 Å². The molecule has 0 aromatic carbocycles. The monoisotopic (exact) mass is 197 g/mol. The summed E-state index contributed by atoms with van der Waals surface area (Å²) in [5, 5.41) is 3.63. The summed E-state index contributed by atoms with van der Waals surface area (Å²) in [6.45, 7) is 7.09.